The SMILES string of the molecule is C1CCN(C23CC4CC(CC(C4)C2)C3)CC1.CCC12CC3CC(CC(N)(C3)C1)C2.CCCNC12CC3CC(CC(C3)C1)C2.CCNC12CC3CC(CC(C3)C1)C2.CNC12CC3CC(CC(C3)C1)C2.NC12CC3CC(CC(C3)C1)C2.NCCNC12CC3CC(CC(C3)C1)C2. The van der Waals surface area contributed by atoms with E-state index in [4.69, 9.17) is 17.2 Å². The molecule has 1 heterocycles. The van der Waals surface area contributed by atoms with Crippen LogP contribution in [-0.4, -0.2) is 90.0 Å². The van der Waals surface area contributed by atoms with Crippen molar-refractivity contribution in [2.75, 3.05) is 46.3 Å². The van der Waals surface area contributed by atoms with Crippen molar-refractivity contribution in [1.82, 2.24) is 26.2 Å². The Morgan fingerprint density at radius 3 is 0.903 bits per heavy atom. The van der Waals surface area contributed by atoms with Crippen LogP contribution in [0.15, 0.2) is 0 Å². The van der Waals surface area contributed by atoms with E-state index in [9.17, 15) is 0 Å². The molecule has 0 aromatic heterocycles. The van der Waals surface area contributed by atoms with E-state index in [-0.39, 0.29) is 5.54 Å². The molecule has 0 radical (unpaired) electrons. The van der Waals surface area contributed by atoms with Crippen molar-refractivity contribution in [1.29, 1.82) is 0 Å². The molecule has 2 unspecified atom stereocenters. The highest BCUT2D eigenvalue weighted by Gasteiger charge is 2.58. The van der Waals surface area contributed by atoms with E-state index in [1.165, 1.54) is 232 Å². The number of likely N-dealkylation sites (tertiary alicyclic amines) is 1. The number of piperidine rings is 1. The Labute approximate surface area is 571 Å². The van der Waals surface area contributed by atoms with Crippen molar-refractivity contribution < 1.29 is 0 Å². The van der Waals surface area contributed by atoms with Gasteiger partial charge in [-0.25, -0.2) is 0 Å². The molecule has 0 aromatic rings. The molecule has 1 saturated heterocycles. The summed E-state index contributed by atoms with van der Waals surface area (Å²) in [4.78, 5) is 2.93. The monoisotopic (exact) mass is 1280 g/mol. The van der Waals surface area contributed by atoms with E-state index in [1.54, 1.807) is 96.3 Å². The van der Waals surface area contributed by atoms with Crippen LogP contribution in [0.5, 0.6) is 0 Å². The minimum atomic E-state index is 0.264. The largest absolute Gasteiger partial charge is 0.329 e. The molecule has 8 heteroatoms. The summed E-state index contributed by atoms with van der Waals surface area (Å²) in [5.74, 6) is 21.3. The third kappa shape index (κ3) is 14.5. The Hall–Kier alpha value is -0.320. The Kier molecular flexibility index (Phi) is 19.4. The van der Waals surface area contributed by atoms with E-state index in [2.05, 4.69) is 54.0 Å². The molecule has 29 rings (SSSR count). The molecule has 93 heavy (non-hydrogen) atoms. The average molecular weight is 1280 g/mol. The molecule has 8 nitrogen and oxygen atoms in total. The molecule has 0 aromatic carbocycles. The van der Waals surface area contributed by atoms with Gasteiger partial charge < -0.3 is 38.5 Å². The fraction of sp³-hybridized carbons (Fsp3) is 1.00. The number of hydrogen-bond acceptors (Lipinski definition) is 8. The second-order valence-corrected chi connectivity index (χ2v) is 41.9. The molecule has 528 valence electrons. The van der Waals surface area contributed by atoms with Crippen LogP contribution in [0, 0.1) is 124 Å². The maximum absolute atomic E-state index is 6.48. The van der Waals surface area contributed by atoms with Crippen LogP contribution in [0.3, 0.4) is 0 Å². The van der Waals surface area contributed by atoms with Crippen LogP contribution < -0.4 is 38.5 Å². The smallest absolute Gasteiger partial charge is 0.0217 e. The second kappa shape index (κ2) is 26.8. The third-order valence-electron chi connectivity index (χ3n) is 33.7. The molecule has 10 N–H and O–H groups in total. The summed E-state index contributed by atoms with van der Waals surface area (Å²) in [5.41, 5.74) is 22.7. The van der Waals surface area contributed by atoms with Crippen molar-refractivity contribution in [2.24, 2.45) is 141 Å². The zero-order valence-corrected chi connectivity index (χ0v) is 61.2. The zero-order valence-electron chi connectivity index (χ0n) is 61.2. The molecular formula is C85H148N8. The highest BCUT2D eigenvalue weighted by Crippen LogP contribution is 2.64. The summed E-state index contributed by atoms with van der Waals surface area (Å²) in [6.07, 6.45) is 70.0. The lowest BCUT2D eigenvalue weighted by atomic mass is 9.46. The summed E-state index contributed by atoms with van der Waals surface area (Å²) in [6.45, 7) is 14.0. The Balaban J connectivity index is 0.0000000863. The fourth-order valence-corrected chi connectivity index (χ4v) is 33.4. The van der Waals surface area contributed by atoms with Crippen LogP contribution in [0.25, 0.3) is 0 Å². The van der Waals surface area contributed by atoms with E-state index in [0.29, 0.717) is 38.6 Å². The average Bonchev–Trinajstić information content (AvgIpc) is 0.788. The van der Waals surface area contributed by atoms with Gasteiger partial charge in [-0.3, -0.25) is 4.90 Å². The zero-order chi connectivity index (χ0) is 63.4. The van der Waals surface area contributed by atoms with E-state index in [0.717, 1.165) is 131 Å². The standard InChI is InChI=1S/C15H25N.C13H23N.C12H22N2.2C12H21N.C11H19N.C10H17N/c1-2-4-16(5-3-1)15-9-12-6-13(10-15)8-14(7-12)11-15;1-2-3-14-13-7-10-4-11(8-13)6-12(5-10)9-13;13-1-2-14-12-6-9-3-10(7-12)5-11(4-9)8-12;1-2-13-12-6-9-3-10(7-12)5-11(4-9)8-12;1-2-11-4-9-3-10(5-11)7-12(13,6-9)8-11;1-12-11-5-8-2-9(6-11)4-10(3-8)7-11;11-10-4-7-1-8(5-10)3-9(2-7)6-10/h12-14H,1-11H2;10-12,14H,2-9H2,1H3;9-11,14H,1-8,13H2;9-11,13H,2-8H2,1H3;9-10H,2-8,13H2,1H3;8-10,12H,2-7H2,1H3;7-9H,1-6,11H2. The van der Waals surface area contributed by atoms with Gasteiger partial charge in [0.2, 0.25) is 0 Å². The van der Waals surface area contributed by atoms with Gasteiger partial charge >= 0.3 is 0 Å². The van der Waals surface area contributed by atoms with Crippen LogP contribution in [0.4, 0.5) is 0 Å². The molecular weight excluding hydrogens is 1130 g/mol. The molecule has 2 atom stereocenters. The predicted octanol–water partition coefficient (Wildman–Crippen LogP) is 17.2. The van der Waals surface area contributed by atoms with Gasteiger partial charge in [0, 0.05) is 51.9 Å². The molecule has 28 aliphatic carbocycles. The normalized spacial score (nSPS) is 54.0. The Morgan fingerprint density at radius 1 is 0.323 bits per heavy atom. The first-order valence-electron chi connectivity index (χ1n) is 42.9. The summed E-state index contributed by atoms with van der Waals surface area (Å²) in [6, 6.07) is 0. The third-order valence-corrected chi connectivity index (χ3v) is 33.7. The number of nitrogens with one attached hydrogen (secondary N) is 4. The quantitative estimate of drug-likeness (QED) is 0.109. The van der Waals surface area contributed by atoms with Crippen molar-refractivity contribution in [3.05, 3.63) is 0 Å². The highest BCUT2D eigenvalue weighted by molar-refractivity contribution is 5.13. The fourth-order valence-electron chi connectivity index (χ4n) is 33.4. The lowest BCUT2D eigenvalue weighted by molar-refractivity contribution is -0.0941. The topological polar surface area (TPSA) is 129 Å². The molecule has 29 aliphatic rings. The van der Waals surface area contributed by atoms with Crippen molar-refractivity contribution in [2.45, 2.75) is 361 Å². The number of hydrogen-bond donors (Lipinski definition) is 7. The lowest BCUT2D eigenvalue weighted by Gasteiger charge is -2.61. The first-order valence-corrected chi connectivity index (χ1v) is 42.9. The van der Waals surface area contributed by atoms with Gasteiger partial charge in [0.25, 0.3) is 0 Å². The van der Waals surface area contributed by atoms with Crippen LogP contribution in [-0.2, 0) is 0 Å². The van der Waals surface area contributed by atoms with Gasteiger partial charge in [-0.1, -0.05) is 33.6 Å². The van der Waals surface area contributed by atoms with Crippen LogP contribution >= 0.6 is 0 Å². The summed E-state index contributed by atoms with van der Waals surface area (Å²) in [7, 11) is 2.17. The predicted molar refractivity (Wildman–Crippen MR) is 387 cm³/mol. The second-order valence-electron chi connectivity index (χ2n) is 41.9. The number of nitrogens with two attached hydrogens (primary N) is 3. The summed E-state index contributed by atoms with van der Waals surface area (Å²) >= 11 is 0. The number of nitrogens with zero attached hydrogens (tertiary/aromatic N) is 1. The van der Waals surface area contributed by atoms with Crippen molar-refractivity contribution in [3.63, 3.8) is 0 Å². The lowest BCUT2D eigenvalue weighted by Crippen LogP contribution is -2.60. The van der Waals surface area contributed by atoms with Gasteiger partial charge in [0.05, 0.1) is 0 Å². The molecule has 28 saturated carbocycles. The van der Waals surface area contributed by atoms with Gasteiger partial charge in [-0.05, 0) is 446 Å². The summed E-state index contributed by atoms with van der Waals surface area (Å²) in [5, 5.41) is 15.0. The Bertz CT molecular complexity index is 2210. The molecule has 28 bridgehead atoms. The maximum atomic E-state index is 6.48. The minimum Gasteiger partial charge on any atom is -0.329 e. The highest BCUT2D eigenvalue weighted by atomic mass is 15.2. The minimum absolute atomic E-state index is 0.264. The van der Waals surface area contributed by atoms with Gasteiger partial charge in [-0.2, -0.15) is 0 Å². The van der Waals surface area contributed by atoms with Gasteiger partial charge in [0.1, 0.15) is 0 Å². The van der Waals surface area contributed by atoms with Crippen LogP contribution in [0.1, 0.15) is 323 Å². The van der Waals surface area contributed by atoms with E-state index < -0.39 is 0 Å². The molecule has 0 spiro atoms. The maximum Gasteiger partial charge on any atom is 0.0217 e. The molecule has 1 aliphatic heterocycles. The first kappa shape index (κ1) is 67.2. The molecule has 29 fully saturated rings. The van der Waals surface area contributed by atoms with Crippen LogP contribution in [0.2, 0.25) is 0 Å². The summed E-state index contributed by atoms with van der Waals surface area (Å²) < 4.78 is 0. The number of rotatable bonds is 11. The van der Waals surface area contributed by atoms with E-state index in [1.807, 2.05) is 0 Å². The van der Waals surface area contributed by atoms with Gasteiger partial charge in [-0.15, -0.1) is 0 Å². The first-order chi connectivity index (χ1) is 44.9. The van der Waals surface area contributed by atoms with Crippen molar-refractivity contribution >= 4 is 0 Å². The van der Waals surface area contributed by atoms with Crippen molar-refractivity contribution in [3.8, 4) is 0 Å². The van der Waals surface area contributed by atoms with Gasteiger partial charge in [0.15, 0.2) is 0 Å². The Morgan fingerprint density at radius 2 is 0.613 bits per heavy atom. The van der Waals surface area contributed by atoms with E-state index >= 15 is 0 Å². The molecule has 0 amide bonds.